The lowest BCUT2D eigenvalue weighted by Crippen LogP contribution is -2.46. The van der Waals surface area contributed by atoms with Gasteiger partial charge in [-0.25, -0.2) is 8.42 Å². The van der Waals surface area contributed by atoms with Crippen molar-refractivity contribution in [1.82, 2.24) is 5.32 Å². The van der Waals surface area contributed by atoms with Gasteiger partial charge in [-0.05, 0) is 62.3 Å². The van der Waals surface area contributed by atoms with E-state index in [2.05, 4.69) is 5.32 Å². The summed E-state index contributed by atoms with van der Waals surface area (Å²) in [5, 5.41) is 3.09. The first kappa shape index (κ1) is 22.5. The largest absolute Gasteiger partial charge is 0.493 e. The van der Waals surface area contributed by atoms with Gasteiger partial charge in [-0.3, -0.25) is 9.10 Å². The second-order valence-electron chi connectivity index (χ2n) is 8.71. The number of anilines is 1. The second-order valence-corrected chi connectivity index (χ2v) is 10.6. The molecule has 2 aromatic rings. The van der Waals surface area contributed by atoms with Crippen molar-refractivity contribution in [1.29, 1.82) is 0 Å². The average molecular weight is 459 g/mol. The number of hydrogen-bond acceptors (Lipinski definition) is 5. The van der Waals surface area contributed by atoms with E-state index in [1.165, 1.54) is 20.6 Å². The zero-order valence-electron chi connectivity index (χ0n) is 18.7. The van der Waals surface area contributed by atoms with E-state index >= 15 is 0 Å². The van der Waals surface area contributed by atoms with Crippen LogP contribution in [0, 0.1) is 18.8 Å². The van der Waals surface area contributed by atoms with Gasteiger partial charge in [0.15, 0.2) is 11.5 Å². The van der Waals surface area contributed by atoms with Crippen molar-refractivity contribution in [3.63, 3.8) is 0 Å². The van der Waals surface area contributed by atoms with E-state index in [1.54, 1.807) is 42.5 Å². The number of amides is 1. The minimum absolute atomic E-state index is 0.130. The van der Waals surface area contributed by atoms with Crippen LogP contribution in [-0.2, 0) is 14.8 Å². The average Bonchev–Trinajstić information content (AvgIpc) is 3.40. The molecule has 0 heterocycles. The highest BCUT2D eigenvalue weighted by Crippen LogP contribution is 2.44. The molecule has 2 aliphatic rings. The van der Waals surface area contributed by atoms with Gasteiger partial charge in [-0.15, -0.1) is 0 Å². The maximum absolute atomic E-state index is 13.6. The predicted octanol–water partition coefficient (Wildman–Crippen LogP) is 3.51. The van der Waals surface area contributed by atoms with Gasteiger partial charge in [0.1, 0.15) is 6.54 Å². The third-order valence-corrected chi connectivity index (χ3v) is 8.42. The van der Waals surface area contributed by atoms with Gasteiger partial charge in [0.25, 0.3) is 10.0 Å². The number of aryl methyl sites for hydroxylation is 1. The molecule has 3 atom stereocenters. The first-order chi connectivity index (χ1) is 15.3. The molecule has 4 rings (SSSR count). The molecule has 1 N–H and O–H groups in total. The lowest BCUT2D eigenvalue weighted by Gasteiger charge is -2.27. The summed E-state index contributed by atoms with van der Waals surface area (Å²) in [5.41, 5.74) is 1.29. The molecule has 2 fully saturated rings. The van der Waals surface area contributed by atoms with Gasteiger partial charge in [-0.1, -0.05) is 24.1 Å². The fourth-order valence-electron chi connectivity index (χ4n) is 4.94. The Morgan fingerprint density at radius 2 is 1.75 bits per heavy atom. The molecule has 7 nitrogen and oxygen atoms in total. The Hall–Kier alpha value is -2.74. The van der Waals surface area contributed by atoms with Crippen LogP contribution in [0.15, 0.2) is 47.4 Å². The van der Waals surface area contributed by atoms with Crippen LogP contribution in [0.3, 0.4) is 0 Å². The van der Waals surface area contributed by atoms with Gasteiger partial charge in [-0.2, -0.15) is 0 Å². The lowest BCUT2D eigenvalue weighted by atomic mass is 9.95. The number of methoxy groups -OCH3 is 2. The van der Waals surface area contributed by atoms with E-state index in [4.69, 9.17) is 9.47 Å². The van der Waals surface area contributed by atoms with Crippen LogP contribution in [0.25, 0.3) is 0 Å². The summed E-state index contributed by atoms with van der Waals surface area (Å²) in [4.78, 5) is 13.1. The number of sulfonamides is 1. The smallest absolute Gasteiger partial charge is 0.264 e. The van der Waals surface area contributed by atoms with E-state index in [-0.39, 0.29) is 23.4 Å². The lowest BCUT2D eigenvalue weighted by molar-refractivity contribution is -0.120. The van der Waals surface area contributed by atoms with Crippen molar-refractivity contribution < 1.29 is 22.7 Å². The Labute approximate surface area is 189 Å². The molecule has 0 aliphatic heterocycles. The summed E-state index contributed by atoms with van der Waals surface area (Å²) in [7, 11) is -0.975. The van der Waals surface area contributed by atoms with Crippen molar-refractivity contribution in [2.45, 2.75) is 43.5 Å². The molecule has 0 aromatic heterocycles. The summed E-state index contributed by atoms with van der Waals surface area (Å²) in [6, 6.07) is 11.6. The molecule has 32 heavy (non-hydrogen) atoms. The zero-order valence-corrected chi connectivity index (χ0v) is 19.5. The summed E-state index contributed by atoms with van der Waals surface area (Å²) in [6.07, 6.45) is 4.51. The summed E-state index contributed by atoms with van der Waals surface area (Å²) in [6.45, 7) is 1.59. The SMILES string of the molecule is COc1ccc(N(CC(=O)N[C@@H]2C[C@@H]3CC[C@@H]2C3)S(=O)(=O)c2ccc(C)cc2)cc1OC. The van der Waals surface area contributed by atoms with Crippen molar-refractivity contribution in [3.05, 3.63) is 48.0 Å². The van der Waals surface area contributed by atoms with E-state index in [9.17, 15) is 13.2 Å². The van der Waals surface area contributed by atoms with E-state index in [0.717, 1.165) is 29.1 Å². The highest BCUT2D eigenvalue weighted by atomic mass is 32.2. The molecule has 8 heteroatoms. The molecule has 2 aliphatic carbocycles. The number of fused-ring (bicyclic) bond motifs is 2. The van der Waals surface area contributed by atoms with Crippen LogP contribution >= 0.6 is 0 Å². The minimum atomic E-state index is -3.98. The van der Waals surface area contributed by atoms with Crippen molar-refractivity contribution in [3.8, 4) is 11.5 Å². The normalized spacial score (nSPS) is 21.9. The van der Waals surface area contributed by atoms with Gasteiger partial charge in [0.2, 0.25) is 5.91 Å². The molecular weight excluding hydrogens is 428 g/mol. The van der Waals surface area contributed by atoms with Gasteiger partial charge in [0, 0.05) is 12.1 Å². The monoisotopic (exact) mass is 458 g/mol. The number of ether oxygens (including phenoxy) is 2. The maximum atomic E-state index is 13.6. The predicted molar refractivity (Wildman–Crippen MR) is 123 cm³/mol. The maximum Gasteiger partial charge on any atom is 0.264 e. The number of hydrogen-bond donors (Lipinski definition) is 1. The highest BCUT2D eigenvalue weighted by Gasteiger charge is 2.40. The van der Waals surface area contributed by atoms with Crippen molar-refractivity contribution in [2.75, 3.05) is 25.1 Å². The Morgan fingerprint density at radius 3 is 2.34 bits per heavy atom. The van der Waals surface area contributed by atoms with E-state index in [1.807, 2.05) is 6.92 Å². The molecule has 2 aromatic carbocycles. The van der Waals surface area contributed by atoms with Crippen molar-refractivity contribution in [2.24, 2.45) is 11.8 Å². The Kier molecular flexibility index (Phi) is 6.33. The third kappa shape index (κ3) is 4.41. The number of carbonyl (C=O) groups excluding carboxylic acids is 1. The minimum Gasteiger partial charge on any atom is -0.493 e. The molecular formula is C24H30N2O5S. The number of nitrogens with one attached hydrogen (secondary N) is 1. The standard InChI is InChI=1S/C24H30N2O5S/c1-16-4-9-20(10-5-16)32(28,29)26(19-8-11-22(30-2)23(14-19)31-3)15-24(27)25-21-13-17-6-7-18(21)12-17/h4-5,8-11,14,17-18,21H,6-7,12-13,15H2,1-3H3,(H,25,27)/t17-,18-,21-/m1/s1. The van der Waals surface area contributed by atoms with Gasteiger partial charge < -0.3 is 14.8 Å². The fraction of sp³-hybridized carbons (Fsp3) is 0.458. The number of carbonyl (C=O) groups is 1. The van der Waals surface area contributed by atoms with Crippen LogP contribution in [0.5, 0.6) is 11.5 Å². The number of rotatable bonds is 8. The third-order valence-electron chi connectivity index (χ3n) is 6.64. The first-order valence-electron chi connectivity index (χ1n) is 10.9. The van der Waals surface area contributed by atoms with E-state index in [0.29, 0.717) is 29.0 Å². The molecule has 0 radical (unpaired) electrons. The topological polar surface area (TPSA) is 84.9 Å². The van der Waals surface area contributed by atoms with Crippen LogP contribution < -0.4 is 19.1 Å². The quantitative estimate of drug-likeness (QED) is 0.654. The molecule has 0 saturated heterocycles. The first-order valence-corrected chi connectivity index (χ1v) is 12.4. The zero-order chi connectivity index (χ0) is 22.9. The summed E-state index contributed by atoms with van der Waals surface area (Å²) in [5.74, 6) is 1.77. The second kappa shape index (κ2) is 9.02. The molecule has 2 saturated carbocycles. The molecule has 0 unspecified atom stereocenters. The van der Waals surface area contributed by atoms with Gasteiger partial charge in [0.05, 0.1) is 24.8 Å². The number of benzene rings is 2. The Balaban J connectivity index is 1.64. The molecule has 172 valence electrons. The highest BCUT2D eigenvalue weighted by molar-refractivity contribution is 7.92. The molecule has 2 bridgehead atoms. The van der Waals surface area contributed by atoms with Gasteiger partial charge >= 0.3 is 0 Å². The summed E-state index contributed by atoms with van der Waals surface area (Å²) < 4.78 is 38.9. The van der Waals surface area contributed by atoms with Crippen LogP contribution in [0.4, 0.5) is 5.69 Å². The Morgan fingerprint density at radius 1 is 1.03 bits per heavy atom. The molecule has 0 spiro atoms. The Bertz CT molecular complexity index is 1080. The van der Waals surface area contributed by atoms with Crippen LogP contribution in [0.2, 0.25) is 0 Å². The van der Waals surface area contributed by atoms with E-state index < -0.39 is 10.0 Å². The van der Waals surface area contributed by atoms with Crippen LogP contribution in [-0.4, -0.2) is 41.1 Å². The fourth-order valence-corrected chi connectivity index (χ4v) is 6.35. The number of nitrogens with zero attached hydrogens (tertiary/aromatic N) is 1. The molecule has 1 amide bonds. The van der Waals surface area contributed by atoms with Crippen LogP contribution in [0.1, 0.15) is 31.2 Å². The summed E-state index contributed by atoms with van der Waals surface area (Å²) >= 11 is 0. The van der Waals surface area contributed by atoms with Crippen molar-refractivity contribution >= 4 is 21.6 Å².